The maximum Gasteiger partial charge on any atom is 0.523 e. The van der Waals surface area contributed by atoms with E-state index in [0.717, 1.165) is 16.7 Å². The summed E-state index contributed by atoms with van der Waals surface area (Å²) in [5.41, 5.74) is 8.11. The highest BCUT2D eigenvalue weighted by Gasteiger charge is 2.49. The van der Waals surface area contributed by atoms with E-state index in [9.17, 15) is 26.4 Å². The average molecular weight is 663 g/mol. The summed E-state index contributed by atoms with van der Waals surface area (Å²) in [7, 11) is -4.27. The molecule has 3 aromatic rings. The Morgan fingerprint density at radius 3 is 2.30 bits per heavy atom. The summed E-state index contributed by atoms with van der Waals surface area (Å²) in [5.74, 6) is -0.781. The molecule has 4 rings (SSSR count). The molecule has 1 heterocycles. The third kappa shape index (κ3) is 9.49. The molecule has 0 spiro atoms. The van der Waals surface area contributed by atoms with Crippen LogP contribution in [-0.2, 0) is 14.8 Å². The highest BCUT2D eigenvalue weighted by Crippen LogP contribution is 2.46. The maximum atomic E-state index is 13.5. The molecule has 9 nitrogen and oxygen atoms in total. The first-order chi connectivity index (χ1) is 21.2. The molecule has 0 amide bonds. The number of carbonyl (C=O) groups excluding carboxylic acids is 1. The third-order valence-corrected chi connectivity index (χ3v) is 9.05. The van der Waals surface area contributed by atoms with Gasteiger partial charge in [-0.15, -0.1) is 13.2 Å². The van der Waals surface area contributed by atoms with E-state index in [-0.39, 0.29) is 71.3 Å². The molecular weight excluding hydrogens is 621 g/mol. The summed E-state index contributed by atoms with van der Waals surface area (Å²) in [6, 6.07) is 12.6. The molecule has 1 aliphatic rings. The first-order valence-electron chi connectivity index (χ1n) is 15.0. The monoisotopic (exact) mass is 662 g/mol. The van der Waals surface area contributed by atoms with Gasteiger partial charge in [-0.25, -0.2) is 18.1 Å². The lowest BCUT2D eigenvalue weighted by Gasteiger charge is -2.44. The standard InChI is InChI=1S/C33H41F3N4O5S/c1-20-9-7-10-21(2)29(20)26-15-28(44-19-24(37)18-31(3,4)5)39-30(38-26)40-46(42,43)25-12-8-11-23(14-25)27(41)13-22-16-32(6,17-22)45-33(34,35)36/h7-12,14-15,22,24H,13,16-19,37H2,1-6H3,(H,38,39,40)/t22-,24-,32+/m1/s1. The van der Waals surface area contributed by atoms with Gasteiger partial charge >= 0.3 is 6.36 Å². The van der Waals surface area contributed by atoms with Gasteiger partial charge in [0, 0.05) is 29.7 Å². The maximum absolute atomic E-state index is 13.5. The lowest BCUT2D eigenvalue weighted by molar-refractivity contribution is -0.379. The lowest BCUT2D eigenvalue weighted by atomic mass is 9.69. The van der Waals surface area contributed by atoms with Crippen LogP contribution in [0.1, 0.15) is 74.9 Å². The molecule has 1 aromatic heterocycles. The summed E-state index contributed by atoms with van der Waals surface area (Å²) in [6.45, 7) is 11.6. The minimum atomic E-state index is -4.76. The SMILES string of the molecule is Cc1cccc(C)c1-c1cc(OC[C@H](N)CC(C)(C)C)nc(NS(=O)(=O)c2cccc(C(=O)C[C@H]3C[C@@](C)(OC(F)(F)F)C3)c2)n1. The Labute approximate surface area is 268 Å². The number of Topliss-reactive ketones (excluding diaryl/α,β-unsaturated/α-hetero) is 1. The molecule has 250 valence electrons. The Balaban J connectivity index is 1.55. The highest BCUT2D eigenvalue weighted by molar-refractivity contribution is 7.92. The predicted octanol–water partition coefficient (Wildman–Crippen LogP) is 6.98. The first kappa shape index (κ1) is 35.3. The van der Waals surface area contributed by atoms with Gasteiger partial charge in [0.2, 0.25) is 11.8 Å². The fourth-order valence-corrected chi connectivity index (χ4v) is 6.98. The van der Waals surface area contributed by atoms with Crippen LogP contribution >= 0.6 is 0 Å². The van der Waals surface area contributed by atoms with E-state index in [1.807, 2.05) is 32.0 Å². The van der Waals surface area contributed by atoms with Gasteiger partial charge in [-0.05, 0) is 74.6 Å². The molecule has 1 atom stereocenters. The van der Waals surface area contributed by atoms with Crippen molar-refractivity contribution in [2.45, 2.75) is 90.1 Å². The molecule has 0 saturated heterocycles. The van der Waals surface area contributed by atoms with Gasteiger partial charge in [0.15, 0.2) is 5.78 Å². The number of aryl methyl sites for hydroxylation is 2. The minimum absolute atomic E-state index is 0.0193. The van der Waals surface area contributed by atoms with Crippen molar-refractivity contribution in [2.75, 3.05) is 11.3 Å². The Hall–Kier alpha value is -3.55. The van der Waals surface area contributed by atoms with E-state index in [4.69, 9.17) is 10.5 Å². The number of nitrogens with zero attached hydrogens (tertiary/aromatic N) is 2. The normalized spacial score (nSPS) is 19.3. The van der Waals surface area contributed by atoms with E-state index < -0.39 is 22.0 Å². The van der Waals surface area contributed by atoms with Crippen molar-refractivity contribution in [3.63, 3.8) is 0 Å². The summed E-state index contributed by atoms with van der Waals surface area (Å²) >= 11 is 0. The molecule has 1 aliphatic carbocycles. The fraction of sp³-hybridized carbons (Fsp3) is 0.485. The van der Waals surface area contributed by atoms with Crippen LogP contribution in [0, 0.1) is 25.2 Å². The quantitative estimate of drug-likeness (QED) is 0.199. The van der Waals surface area contributed by atoms with Crippen LogP contribution in [0.5, 0.6) is 5.88 Å². The summed E-state index contributed by atoms with van der Waals surface area (Å²) in [5, 5.41) is 0. The number of sulfonamides is 1. The van der Waals surface area contributed by atoms with Crippen LogP contribution in [0.4, 0.5) is 19.1 Å². The zero-order chi connectivity index (χ0) is 34.1. The van der Waals surface area contributed by atoms with E-state index in [1.165, 1.54) is 31.2 Å². The van der Waals surface area contributed by atoms with Gasteiger partial charge in [0.1, 0.15) is 6.61 Å². The van der Waals surface area contributed by atoms with E-state index >= 15 is 0 Å². The molecule has 46 heavy (non-hydrogen) atoms. The van der Waals surface area contributed by atoms with Gasteiger partial charge < -0.3 is 10.5 Å². The second kappa shape index (κ2) is 13.3. The fourth-order valence-electron chi connectivity index (χ4n) is 5.99. The van der Waals surface area contributed by atoms with Crippen molar-refractivity contribution in [1.29, 1.82) is 0 Å². The van der Waals surface area contributed by atoms with E-state index in [1.54, 1.807) is 6.07 Å². The number of nitrogens with two attached hydrogens (primary N) is 1. The van der Waals surface area contributed by atoms with Crippen molar-refractivity contribution < 1.29 is 35.9 Å². The number of nitrogens with one attached hydrogen (secondary N) is 1. The zero-order valence-electron chi connectivity index (χ0n) is 26.9. The number of hydrogen-bond donors (Lipinski definition) is 2. The zero-order valence-corrected chi connectivity index (χ0v) is 27.7. The number of alkyl halides is 3. The van der Waals surface area contributed by atoms with Gasteiger partial charge in [-0.3, -0.25) is 9.53 Å². The Morgan fingerprint density at radius 1 is 1.07 bits per heavy atom. The molecule has 1 saturated carbocycles. The number of ketones is 1. The highest BCUT2D eigenvalue weighted by atomic mass is 32.2. The minimum Gasteiger partial charge on any atom is -0.476 e. The molecule has 0 bridgehead atoms. The topological polar surface area (TPSA) is 134 Å². The van der Waals surface area contributed by atoms with Crippen molar-refractivity contribution in [2.24, 2.45) is 17.1 Å². The Bertz CT molecular complexity index is 1660. The molecule has 0 radical (unpaired) electrons. The van der Waals surface area contributed by atoms with Gasteiger partial charge in [0.25, 0.3) is 10.0 Å². The summed E-state index contributed by atoms with van der Waals surface area (Å²) in [6.07, 6.45) is -3.97. The van der Waals surface area contributed by atoms with E-state index in [2.05, 4.69) is 40.2 Å². The summed E-state index contributed by atoms with van der Waals surface area (Å²) < 4.78 is 77.5. The lowest BCUT2D eigenvalue weighted by Crippen LogP contribution is -2.47. The second-order valence-corrected chi connectivity index (χ2v) is 15.2. The van der Waals surface area contributed by atoms with Crippen molar-refractivity contribution in [1.82, 2.24) is 9.97 Å². The molecule has 2 aromatic carbocycles. The van der Waals surface area contributed by atoms with Crippen LogP contribution in [-0.4, -0.2) is 48.8 Å². The van der Waals surface area contributed by atoms with Crippen LogP contribution in [0.3, 0.4) is 0 Å². The number of rotatable bonds is 12. The third-order valence-electron chi connectivity index (χ3n) is 7.73. The van der Waals surface area contributed by atoms with Gasteiger partial charge in [0.05, 0.1) is 16.2 Å². The largest absolute Gasteiger partial charge is 0.523 e. The summed E-state index contributed by atoms with van der Waals surface area (Å²) in [4.78, 5) is 21.6. The smallest absolute Gasteiger partial charge is 0.476 e. The number of anilines is 1. The van der Waals surface area contributed by atoms with Crippen molar-refractivity contribution in [3.05, 3.63) is 65.2 Å². The number of benzene rings is 2. The Kier molecular flexibility index (Phi) is 10.2. The van der Waals surface area contributed by atoms with Crippen LogP contribution < -0.4 is 15.2 Å². The number of ether oxygens (including phenoxy) is 2. The molecule has 3 N–H and O–H groups in total. The van der Waals surface area contributed by atoms with Crippen LogP contribution in [0.2, 0.25) is 0 Å². The second-order valence-electron chi connectivity index (χ2n) is 13.6. The van der Waals surface area contributed by atoms with Gasteiger partial charge in [-0.1, -0.05) is 51.1 Å². The van der Waals surface area contributed by atoms with Crippen LogP contribution in [0.15, 0.2) is 53.4 Å². The number of carbonyl (C=O) groups is 1. The predicted molar refractivity (Wildman–Crippen MR) is 169 cm³/mol. The Morgan fingerprint density at radius 2 is 1.70 bits per heavy atom. The molecule has 0 unspecified atom stereocenters. The molecular formula is C33H41F3N4O5S. The molecule has 13 heteroatoms. The first-order valence-corrected chi connectivity index (χ1v) is 16.5. The number of halogens is 3. The van der Waals surface area contributed by atoms with Crippen molar-refractivity contribution in [3.8, 4) is 17.1 Å². The van der Waals surface area contributed by atoms with Crippen LogP contribution in [0.25, 0.3) is 11.3 Å². The number of hydrogen-bond acceptors (Lipinski definition) is 8. The average Bonchev–Trinajstić information content (AvgIpc) is 2.89. The molecule has 1 fully saturated rings. The van der Waals surface area contributed by atoms with Crippen molar-refractivity contribution >= 4 is 21.8 Å². The molecule has 0 aliphatic heterocycles. The van der Waals surface area contributed by atoms with E-state index in [0.29, 0.717) is 12.1 Å². The number of aromatic nitrogens is 2. The van der Waals surface area contributed by atoms with Gasteiger partial charge in [-0.2, -0.15) is 4.98 Å².